The van der Waals surface area contributed by atoms with Crippen LogP contribution < -0.4 is 10.6 Å². The maximum atomic E-state index is 14.0. The number of nitrogens with one attached hydrogen (secondary N) is 3. The Morgan fingerprint density at radius 3 is 2.36 bits per heavy atom. The molecule has 2 heterocycles. The molecule has 0 bridgehead atoms. The molecule has 3 amide bonds. The van der Waals surface area contributed by atoms with Crippen LogP contribution in [0.1, 0.15) is 36.2 Å². The number of carbonyl (C=O) groups excluding carboxylic acids is 3. The standard InChI is InChI=1S/C32H36N6O4/c1-32(2,26-13-7-4-8-14-26)22-35-29(39)20-38(19-25-12-9-15-33-17-25)30(40)28(16-27-18-34-23-36-27)37-31(41)42-21-24-10-5-3-6-11-24/h3-15,17-18,23,28H,16,19-22H2,1-2H3,(H,34,36)(H,35,39)(H,37,41)/t28-/m0/s1. The summed E-state index contributed by atoms with van der Waals surface area (Å²) < 4.78 is 5.39. The van der Waals surface area contributed by atoms with Gasteiger partial charge in [-0.15, -0.1) is 0 Å². The van der Waals surface area contributed by atoms with Gasteiger partial charge in [0.05, 0.1) is 18.6 Å². The smallest absolute Gasteiger partial charge is 0.408 e. The minimum atomic E-state index is -1.03. The minimum Gasteiger partial charge on any atom is -0.445 e. The largest absolute Gasteiger partial charge is 0.445 e. The Kier molecular flexibility index (Phi) is 10.4. The predicted octanol–water partition coefficient (Wildman–Crippen LogP) is 3.77. The van der Waals surface area contributed by atoms with Crippen LogP contribution >= 0.6 is 0 Å². The molecular formula is C32H36N6O4. The lowest BCUT2D eigenvalue weighted by Gasteiger charge is -2.29. The molecule has 0 aliphatic heterocycles. The van der Waals surface area contributed by atoms with E-state index in [2.05, 4.69) is 25.6 Å². The third kappa shape index (κ3) is 9.02. The summed E-state index contributed by atoms with van der Waals surface area (Å²) in [5.41, 5.74) is 2.91. The lowest BCUT2D eigenvalue weighted by molar-refractivity contribution is -0.138. The maximum absolute atomic E-state index is 14.0. The second-order valence-electron chi connectivity index (χ2n) is 10.6. The number of imidazole rings is 1. The summed E-state index contributed by atoms with van der Waals surface area (Å²) in [6, 6.07) is 21.7. The molecule has 42 heavy (non-hydrogen) atoms. The topological polar surface area (TPSA) is 129 Å². The molecule has 1 atom stereocenters. The Hall–Kier alpha value is -4.99. The number of aromatic amines is 1. The first-order valence-electron chi connectivity index (χ1n) is 13.7. The van der Waals surface area contributed by atoms with Gasteiger partial charge in [0.2, 0.25) is 11.8 Å². The van der Waals surface area contributed by atoms with Gasteiger partial charge in [-0.25, -0.2) is 9.78 Å². The van der Waals surface area contributed by atoms with Crippen molar-refractivity contribution in [2.24, 2.45) is 0 Å². The third-order valence-electron chi connectivity index (χ3n) is 6.80. The average Bonchev–Trinajstić information content (AvgIpc) is 3.53. The molecule has 0 radical (unpaired) electrons. The monoisotopic (exact) mass is 568 g/mol. The molecule has 0 aliphatic rings. The molecule has 10 nitrogen and oxygen atoms in total. The van der Waals surface area contributed by atoms with Crippen LogP contribution in [0.3, 0.4) is 0 Å². The zero-order valence-electron chi connectivity index (χ0n) is 23.8. The number of amides is 3. The number of nitrogens with zero attached hydrogens (tertiary/aromatic N) is 3. The van der Waals surface area contributed by atoms with Crippen LogP contribution in [0.25, 0.3) is 0 Å². The Morgan fingerprint density at radius 1 is 0.976 bits per heavy atom. The van der Waals surface area contributed by atoms with E-state index >= 15 is 0 Å². The van der Waals surface area contributed by atoms with Gasteiger partial charge in [-0.1, -0.05) is 80.6 Å². The molecule has 4 aromatic rings. The molecule has 0 spiro atoms. The first kappa shape index (κ1) is 30.0. The van der Waals surface area contributed by atoms with E-state index in [1.54, 1.807) is 24.7 Å². The van der Waals surface area contributed by atoms with Crippen molar-refractivity contribution in [1.29, 1.82) is 0 Å². The molecule has 3 N–H and O–H groups in total. The van der Waals surface area contributed by atoms with Crippen molar-refractivity contribution < 1.29 is 19.1 Å². The van der Waals surface area contributed by atoms with Gasteiger partial charge in [-0.3, -0.25) is 14.6 Å². The van der Waals surface area contributed by atoms with E-state index in [0.29, 0.717) is 12.2 Å². The van der Waals surface area contributed by atoms with Crippen molar-refractivity contribution in [1.82, 2.24) is 30.5 Å². The van der Waals surface area contributed by atoms with Crippen molar-refractivity contribution in [3.05, 3.63) is 120 Å². The summed E-state index contributed by atoms with van der Waals surface area (Å²) in [5, 5.41) is 5.67. The molecule has 0 aliphatic carbocycles. The van der Waals surface area contributed by atoms with Gasteiger partial charge in [0, 0.05) is 43.5 Å². The van der Waals surface area contributed by atoms with Crippen LogP contribution in [0.5, 0.6) is 0 Å². The second-order valence-corrected chi connectivity index (χ2v) is 10.6. The van der Waals surface area contributed by atoms with Gasteiger partial charge in [0.1, 0.15) is 12.6 Å². The fraction of sp³-hybridized carbons (Fsp3) is 0.281. The Balaban J connectivity index is 1.48. The molecule has 10 heteroatoms. The number of benzene rings is 2. The third-order valence-corrected chi connectivity index (χ3v) is 6.80. The number of H-pyrrole nitrogens is 1. The fourth-order valence-corrected chi connectivity index (χ4v) is 4.40. The van der Waals surface area contributed by atoms with Crippen LogP contribution in [0.15, 0.2) is 97.7 Å². The minimum absolute atomic E-state index is 0.0506. The van der Waals surface area contributed by atoms with Crippen LogP contribution in [-0.4, -0.2) is 56.9 Å². The molecule has 0 saturated carbocycles. The van der Waals surface area contributed by atoms with Crippen molar-refractivity contribution in [2.45, 2.75) is 44.9 Å². The number of pyridine rings is 1. The van der Waals surface area contributed by atoms with E-state index in [-0.39, 0.29) is 37.4 Å². The Labute approximate surface area is 245 Å². The molecule has 218 valence electrons. The van der Waals surface area contributed by atoms with Crippen LogP contribution in [0, 0.1) is 0 Å². The van der Waals surface area contributed by atoms with E-state index < -0.39 is 18.0 Å². The maximum Gasteiger partial charge on any atom is 0.408 e. The second kappa shape index (κ2) is 14.6. The van der Waals surface area contributed by atoms with E-state index in [0.717, 1.165) is 16.7 Å². The highest BCUT2D eigenvalue weighted by molar-refractivity contribution is 5.89. The molecule has 0 fully saturated rings. The molecule has 0 unspecified atom stereocenters. The first-order valence-corrected chi connectivity index (χ1v) is 13.7. The summed E-state index contributed by atoms with van der Waals surface area (Å²) in [4.78, 5) is 52.6. The van der Waals surface area contributed by atoms with Gasteiger partial charge >= 0.3 is 6.09 Å². The molecule has 4 rings (SSSR count). The number of alkyl carbamates (subject to hydrolysis) is 1. The van der Waals surface area contributed by atoms with Gasteiger partial charge in [-0.05, 0) is 22.8 Å². The lowest BCUT2D eigenvalue weighted by atomic mass is 9.84. The highest BCUT2D eigenvalue weighted by Gasteiger charge is 2.30. The van der Waals surface area contributed by atoms with Gasteiger partial charge < -0.3 is 25.3 Å². The Bertz CT molecular complexity index is 1410. The highest BCUT2D eigenvalue weighted by atomic mass is 16.5. The van der Waals surface area contributed by atoms with Crippen LogP contribution in [-0.2, 0) is 39.3 Å². The normalized spacial score (nSPS) is 11.8. The SMILES string of the molecule is CC(C)(CNC(=O)CN(Cc1cccnc1)C(=O)[C@H](Cc1c[nH]cn1)NC(=O)OCc1ccccc1)c1ccccc1. The summed E-state index contributed by atoms with van der Waals surface area (Å²) in [6.45, 7) is 4.44. The average molecular weight is 569 g/mol. The zero-order valence-corrected chi connectivity index (χ0v) is 23.8. The molecular weight excluding hydrogens is 532 g/mol. The molecule has 2 aromatic heterocycles. The van der Waals surface area contributed by atoms with Crippen molar-refractivity contribution in [3.8, 4) is 0 Å². The molecule has 2 aromatic carbocycles. The lowest BCUT2D eigenvalue weighted by Crippen LogP contribution is -2.52. The first-order chi connectivity index (χ1) is 20.3. The summed E-state index contributed by atoms with van der Waals surface area (Å²) in [7, 11) is 0. The summed E-state index contributed by atoms with van der Waals surface area (Å²) in [5.74, 6) is -0.766. The quantitative estimate of drug-likeness (QED) is 0.225. The van der Waals surface area contributed by atoms with E-state index in [1.165, 1.54) is 11.2 Å². The fourth-order valence-electron chi connectivity index (χ4n) is 4.40. The number of ether oxygens (including phenoxy) is 1. The number of carbonyl (C=O) groups is 3. The van der Waals surface area contributed by atoms with E-state index in [4.69, 9.17) is 4.74 Å². The number of hydrogen-bond donors (Lipinski definition) is 3. The van der Waals surface area contributed by atoms with Gasteiger partial charge in [0.25, 0.3) is 0 Å². The van der Waals surface area contributed by atoms with Gasteiger partial charge in [0.15, 0.2) is 0 Å². The number of rotatable bonds is 13. The van der Waals surface area contributed by atoms with Crippen molar-refractivity contribution in [3.63, 3.8) is 0 Å². The zero-order chi connectivity index (χ0) is 29.8. The number of aromatic nitrogens is 3. The van der Waals surface area contributed by atoms with Crippen molar-refractivity contribution in [2.75, 3.05) is 13.1 Å². The van der Waals surface area contributed by atoms with E-state index in [9.17, 15) is 14.4 Å². The van der Waals surface area contributed by atoms with E-state index in [1.807, 2.05) is 80.6 Å². The summed E-state index contributed by atoms with van der Waals surface area (Å²) >= 11 is 0. The predicted molar refractivity (Wildman–Crippen MR) is 158 cm³/mol. The highest BCUT2D eigenvalue weighted by Crippen LogP contribution is 2.21. The van der Waals surface area contributed by atoms with Crippen LogP contribution in [0.4, 0.5) is 4.79 Å². The number of hydrogen-bond acceptors (Lipinski definition) is 6. The van der Waals surface area contributed by atoms with Gasteiger partial charge in [-0.2, -0.15) is 0 Å². The van der Waals surface area contributed by atoms with Crippen LogP contribution in [0.2, 0.25) is 0 Å². The van der Waals surface area contributed by atoms with Crippen molar-refractivity contribution >= 4 is 17.9 Å². The summed E-state index contributed by atoms with van der Waals surface area (Å²) in [6.07, 6.45) is 5.79. The Morgan fingerprint density at radius 2 is 1.69 bits per heavy atom. The molecule has 0 saturated heterocycles.